The number of piperazine rings is 1. The van der Waals surface area contributed by atoms with Crippen LogP contribution in [0.3, 0.4) is 0 Å². The minimum atomic E-state index is 0.214. The summed E-state index contributed by atoms with van der Waals surface area (Å²) < 4.78 is 5.39. The highest BCUT2D eigenvalue weighted by Crippen LogP contribution is 2.24. The van der Waals surface area contributed by atoms with Crippen molar-refractivity contribution in [3.05, 3.63) is 29.8 Å². The van der Waals surface area contributed by atoms with Crippen molar-refractivity contribution in [1.29, 1.82) is 0 Å². The minimum Gasteiger partial charge on any atom is -0.496 e. The van der Waals surface area contributed by atoms with E-state index in [9.17, 15) is 9.59 Å². The van der Waals surface area contributed by atoms with Crippen molar-refractivity contribution >= 4 is 11.8 Å². The number of ether oxygens (including phenoxy) is 1. The molecule has 0 saturated carbocycles. The molecule has 2 heterocycles. The summed E-state index contributed by atoms with van der Waals surface area (Å²) in [6.07, 6.45) is 4.86. The van der Waals surface area contributed by atoms with E-state index in [1.54, 1.807) is 7.11 Å². The molecule has 1 atom stereocenters. The van der Waals surface area contributed by atoms with Gasteiger partial charge >= 0.3 is 0 Å². The van der Waals surface area contributed by atoms with Gasteiger partial charge in [0.2, 0.25) is 11.8 Å². The Kier molecular flexibility index (Phi) is 7.92. The molecular formula is C23H35N3O3. The average Bonchev–Trinajstić information content (AvgIpc) is 2.76. The Morgan fingerprint density at radius 2 is 1.72 bits per heavy atom. The van der Waals surface area contributed by atoms with Crippen LogP contribution in [0.5, 0.6) is 5.75 Å². The first-order valence-corrected chi connectivity index (χ1v) is 10.9. The van der Waals surface area contributed by atoms with Crippen LogP contribution in [0, 0.1) is 5.92 Å². The van der Waals surface area contributed by atoms with Crippen LogP contribution in [0.25, 0.3) is 0 Å². The van der Waals surface area contributed by atoms with Crippen molar-refractivity contribution in [2.24, 2.45) is 5.92 Å². The van der Waals surface area contributed by atoms with Crippen molar-refractivity contribution in [3.8, 4) is 5.75 Å². The van der Waals surface area contributed by atoms with Gasteiger partial charge in [0, 0.05) is 52.1 Å². The standard InChI is InChI=1S/C23H35N3O3/c1-24-14-16-25(17-15-24)22(27)11-9-19-6-5-13-26(18-19)23(28)12-10-20-7-3-4-8-21(20)29-2/h3-4,7-8,19H,5-6,9-18H2,1-2H3/t19-/m0/s1. The molecule has 0 unspecified atom stereocenters. The summed E-state index contributed by atoms with van der Waals surface area (Å²) in [4.78, 5) is 31.5. The first-order chi connectivity index (χ1) is 14.1. The average molecular weight is 402 g/mol. The number of benzene rings is 1. The molecule has 1 aromatic carbocycles. The van der Waals surface area contributed by atoms with Crippen LogP contribution in [-0.4, -0.2) is 79.9 Å². The van der Waals surface area contributed by atoms with Gasteiger partial charge in [0.25, 0.3) is 0 Å². The first-order valence-electron chi connectivity index (χ1n) is 10.9. The highest BCUT2D eigenvalue weighted by Gasteiger charge is 2.25. The number of aryl methyl sites for hydroxylation is 1. The van der Waals surface area contributed by atoms with E-state index in [0.29, 0.717) is 25.2 Å². The monoisotopic (exact) mass is 401 g/mol. The van der Waals surface area contributed by atoms with Gasteiger partial charge in [-0.1, -0.05) is 18.2 Å². The third-order valence-electron chi connectivity index (χ3n) is 6.29. The third-order valence-corrected chi connectivity index (χ3v) is 6.29. The van der Waals surface area contributed by atoms with E-state index in [0.717, 1.165) is 69.8 Å². The van der Waals surface area contributed by atoms with Gasteiger partial charge in [-0.25, -0.2) is 0 Å². The maximum absolute atomic E-state index is 12.7. The zero-order chi connectivity index (χ0) is 20.6. The van der Waals surface area contributed by atoms with Crippen LogP contribution >= 0.6 is 0 Å². The normalized spacial score (nSPS) is 20.6. The van der Waals surface area contributed by atoms with E-state index in [1.165, 1.54) is 0 Å². The maximum atomic E-state index is 12.7. The van der Waals surface area contributed by atoms with Gasteiger partial charge in [0.05, 0.1) is 7.11 Å². The van der Waals surface area contributed by atoms with Crippen LogP contribution in [0.4, 0.5) is 0 Å². The molecule has 2 amide bonds. The van der Waals surface area contributed by atoms with E-state index in [1.807, 2.05) is 34.1 Å². The Hall–Kier alpha value is -2.08. The summed E-state index contributed by atoms with van der Waals surface area (Å²) in [5, 5.41) is 0. The highest BCUT2D eigenvalue weighted by molar-refractivity contribution is 5.77. The molecular weight excluding hydrogens is 366 g/mol. The predicted octanol–water partition coefficient (Wildman–Crippen LogP) is 2.42. The Labute approximate surface area is 174 Å². The van der Waals surface area contributed by atoms with Gasteiger partial charge in [0.15, 0.2) is 0 Å². The number of likely N-dealkylation sites (N-methyl/N-ethyl adjacent to an activating group) is 1. The molecule has 0 aromatic heterocycles. The van der Waals surface area contributed by atoms with Gasteiger partial charge in [-0.2, -0.15) is 0 Å². The van der Waals surface area contributed by atoms with Crippen molar-refractivity contribution < 1.29 is 14.3 Å². The second kappa shape index (κ2) is 10.6. The Morgan fingerprint density at radius 3 is 2.48 bits per heavy atom. The summed E-state index contributed by atoms with van der Waals surface area (Å²) in [6, 6.07) is 7.89. The van der Waals surface area contributed by atoms with Crippen molar-refractivity contribution in [3.63, 3.8) is 0 Å². The Morgan fingerprint density at radius 1 is 1.00 bits per heavy atom. The molecule has 2 aliphatic heterocycles. The lowest BCUT2D eigenvalue weighted by Gasteiger charge is -2.34. The summed E-state index contributed by atoms with van der Waals surface area (Å²) >= 11 is 0. The summed E-state index contributed by atoms with van der Waals surface area (Å²) in [7, 11) is 3.77. The lowest BCUT2D eigenvalue weighted by Crippen LogP contribution is -2.47. The predicted molar refractivity (Wildman–Crippen MR) is 114 cm³/mol. The minimum absolute atomic E-state index is 0.214. The fourth-order valence-electron chi connectivity index (χ4n) is 4.38. The topological polar surface area (TPSA) is 53.1 Å². The highest BCUT2D eigenvalue weighted by atomic mass is 16.5. The summed E-state index contributed by atoms with van der Waals surface area (Å²) in [5.74, 6) is 1.78. The SMILES string of the molecule is COc1ccccc1CCC(=O)N1CCC[C@@H](CCC(=O)N2CCN(C)CC2)C1. The molecule has 0 radical (unpaired) electrons. The van der Waals surface area contributed by atoms with Crippen LogP contribution < -0.4 is 4.74 Å². The molecule has 29 heavy (non-hydrogen) atoms. The van der Waals surface area contributed by atoms with E-state index < -0.39 is 0 Å². The first kappa shape index (κ1) is 21.6. The van der Waals surface area contributed by atoms with E-state index in [2.05, 4.69) is 11.9 Å². The van der Waals surface area contributed by atoms with Gasteiger partial charge in [-0.3, -0.25) is 9.59 Å². The second-order valence-electron chi connectivity index (χ2n) is 8.38. The number of methoxy groups -OCH3 is 1. The van der Waals surface area contributed by atoms with E-state index in [-0.39, 0.29) is 11.8 Å². The molecule has 0 spiro atoms. The van der Waals surface area contributed by atoms with Gasteiger partial charge < -0.3 is 19.4 Å². The maximum Gasteiger partial charge on any atom is 0.222 e. The number of piperidine rings is 1. The molecule has 6 heteroatoms. The Balaban J connectivity index is 1.42. The summed E-state index contributed by atoms with van der Waals surface area (Å²) in [6.45, 7) is 5.24. The number of carbonyl (C=O) groups excluding carboxylic acids is 2. The zero-order valence-electron chi connectivity index (χ0n) is 17.9. The smallest absolute Gasteiger partial charge is 0.222 e. The molecule has 2 saturated heterocycles. The third kappa shape index (κ3) is 6.20. The van der Waals surface area contributed by atoms with Crippen molar-refractivity contribution in [1.82, 2.24) is 14.7 Å². The lowest BCUT2D eigenvalue weighted by molar-refractivity contribution is -0.133. The lowest BCUT2D eigenvalue weighted by atomic mass is 9.92. The van der Waals surface area contributed by atoms with Crippen LogP contribution in [0.15, 0.2) is 24.3 Å². The molecule has 0 N–H and O–H groups in total. The molecule has 2 aliphatic rings. The van der Waals surface area contributed by atoms with Gasteiger partial charge in [0.1, 0.15) is 5.75 Å². The number of carbonyl (C=O) groups is 2. The molecule has 0 aliphatic carbocycles. The summed E-state index contributed by atoms with van der Waals surface area (Å²) in [5.41, 5.74) is 1.08. The largest absolute Gasteiger partial charge is 0.496 e. The number of hydrogen-bond acceptors (Lipinski definition) is 4. The number of rotatable bonds is 7. The number of likely N-dealkylation sites (tertiary alicyclic amines) is 1. The van der Waals surface area contributed by atoms with Crippen LogP contribution in [-0.2, 0) is 16.0 Å². The number of para-hydroxylation sites is 1. The molecule has 3 rings (SSSR count). The van der Waals surface area contributed by atoms with Crippen LogP contribution in [0.1, 0.15) is 37.7 Å². The molecule has 0 bridgehead atoms. The fourth-order valence-corrected chi connectivity index (χ4v) is 4.38. The number of hydrogen-bond donors (Lipinski definition) is 0. The number of amides is 2. The van der Waals surface area contributed by atoms with Gasteiger partial charge in [-0.15, -0.1) is 0 Å². The fraction of sp³-hybridized carbons (Fsp3) is 0.652. The number of nitrogens with zero attached hydrogens (tertiary/aromatic N) is 3. The van der Waals surface area contributed by atoms with Crippen LogP contribution in [0.2, 0.25) is 0 Å². The zero-order valence-corrected chi connectivity index (χ0v) is 17.9. The van der Waals surface area contributed by atoms with Gasteiger partial charge in [-0.05, 0) is 50.3 Å². The molecule has 1 aromatic rings. The van der Waals surface area contributed by atoms with Crippen molar-refractivity contribution in [2.45, 2.75) is 38.5 Å². The quantitative estimate of drug-likeness (QED) is 0.704. The van der Waals surface area contributed by atoms with E-state index >= 15 is 0 Å². The molecule has 6 nitrogen and oxygen atoms in total. The molecule has 160 valence electrons. The van der Waals surface area contributed by atoms with E-state index in [4.69, 9.17) is 4.74 Å². The van der Waals surface area contributed by atoms with Crippen molar-refractivity contribution in [2.75, 3.05) is 53.4 Å². The second-order valence-corrected chi connectivity index (χ2v) is 8.38. The Bertz CT molecular complexity index is 686. The molecule has 2 fully saturated rings.